The number of aromatic nitrogens is 4. The zero-order chi connectivity index (χ0) is 16.8. The van der Waals surface area contributed by atoms with E-state index in [4.69, 9.17) is 9.47 Å². The van der Waals surface area contributed by atoms with Gasteiger partial charge in [0.15, 0.2) is 0 Å². The van der Waals surface area contributed by atoms with Crippen molar-refractivity contribution in [2.24, 2.45) is 0 Å². The predicted octanol–water partition coefficient (Wildman–Crippen LogP) is 1.08. The van der Waals surface area contributed by atoms with E-state index in [2.05, 4.69) is 20.3 Å². The Morgan fingerprint density at radius 1 is 1.29 bits per heavy atom. The topological polar surface area (TPSA) is 90.6 Å². The molecule has 0 bridgehead atoms. The Bertz CT molecular complexity index is 783. The van der Waals surface area contributed by atoms with Crippen molar-refractivity contribution in [1.82, 2.24) is 24.7 Å². The summed E-state index contributed by atoms with van der Waals surface area (Å²) < 4.78 is 12.0. The number of nitrogens with zero attached hydrogens (tertiary/aromatic N) is 4. The van der Waals surface area contributed by atoms with Crippen LogP contribution in [0.1, 0.15) is 16.1 Å². The number of imidazole rings is 1. The van der Waals surface area contributed by atoms with Crippen LogP contribution in [-0.2, 0) is 11.3 Å². The highest BCUT2D eigenvalue weighted by atomic mass is 16.5. The molecule has 0 aliphatic carbocycles. The van der Waals surface area contributed by atoms with Crippen molar-refractivity contribution in [3.8, 4) is 5.88 Å². The van der Waals surface area contributed by atoms with Gasteiger partial charge in [-0.25, -0.2) is 15.0 Å². The van der Waals surface area contributed by atoms with Crippen LogP contribution in [0.5, 0.6) is 5.88 Å². The van der Waals surface area contributed by atoms with Crippen molar-refractivity contribution in [2.75, 3.05) is 20.3 Å². The second kappa shape index (κ2) is 7.51. The highest BCUT2D eigenvalue weighted by Gasteiger charge is 2.10. The van der Waals surface area contributed by atoms with Gasteiger partial charge in [0, 0.05) is 44.5 Å². The first-order chi connectivity index (χ1) is 11.8. The average molecular weight is 327 g/mol. The molecule has 0 atom stereocenters. The molecule has 3 heterocycles. The summed E-state index contributed by atoms with van der Waals surface area (Å²) in [6, 6.07) is 5.38. The Hall–Kier alpha value is -3.00. The predicted molar refractivity (Wildman–Crippen MR) is 85.8 cm³/mol. The van der Waals surface area contributed by atoms with Gasteiger partial charge in [-0.1, -0.05) is 6.07 Å². The molecule has 0 aromatic carbocycles. The normalized spacial score (nSPS) is 10.7. The van der Waals surface area contributed by atoms with Gasteiger partial charge in [0.1, 0.15) is 12.3 Å². The van der Waals surface area contributed by atoms with Gasteiger partial charge in [-0.05, 0) is 11.6 Å². The molecular formula is C16H17N5O3. The number of fused-ring (bicyclic) bond motifs is 1. The maximum absolute atomic E-state index is 12.2. The molecule has 8 nitrogen and oxygen atoms in total. The van der Waals surface area contributed by atoms with E-state index >= 15 is 0 Å². The molecule has 0 saturated carbocycles. The minimum Gasteiger partial charge on any atom is -0.475 e. The molecule has 0 fully saturated rings. The van der Waals surface area contributed by atoms with Gasteiger partial charge in [-0.15, -0.1) is 0 Å². The summed E-state index contributed by atoms with van der Waals surface area (Å²) in [5.74, 6) is 0.747. The second-order valence-electron chi connectivity index (χ2n) is 4.98. The third-order valence-electron chi connectivity index (χ3n) is 3.26. The van der Waals surface area contributed by atoms with Crippen LogP contribution in [0, 0.1) is 0 Å². The third-order valence-corrected chi connectivity index (χ3v) is 3.26. The van der Waals surface area contributed by atoms with E-state index in [0.717, 1.165) is 5.56 Å². The molecule has 0 aliphatic heterocycles. The zero-order valence-electron chi connectivity index (χ0n) is 13.2. The molecule has 124 valence electrons. The highest BCUT2D eigenvalue weighted by Crippen LogP contribution is 2.08. The van der Waals surface area contributed by atoms with E-state index in [-0.39, 0.29) is 5.91 Å². The monoisotopic (exact) mass is 327 g/mol. The molecule has 0 saturated heterocycles. The Morgan fingerprint density at radius 3 is 2.96 bits per heavy atom. The molecule has 3 aromatic rings. The number of amides is 1. The first-order valence-electron chi connectivity index (χ1n) is 7.41. The number of hydrogen-bond donors (Lipinski definition) is 1. The maximum atomic E-state index is 12.2. The van der Waals surface area contributed by atoms with Crippen molar-refractivity contribution in [3.63, 3.8) is 0 Å². The Balaban J connectivity index is 1.55. The van der Waals surface area contributed by atoms with Crippen molar-refractivity contribution in [2.45, 2.75) is 6.54 Å². The number of nitrogens with one attached hydrogen (secondary N) is 1. The van der Waals surface area contributed by atoms with Crippen LogP contribution in [-0.4, -0.2) is 45.6 Å². The average Bonchev–Trinajstić information content (AvgIpc) is 3.05. The zero-order valence-corrected chi connectivity index (χ0v) is 13.2. The van der Waals surface area contributed by atoms with Crippen LogP contribution in [0.4, 0.5) is 0 Å². The molecule has 0 spiro atoms. The lowest BCUT2D eigenvalue weighted by atomic mass is 10.3. The summed E-state index contributed by atoms with van der Waals surface area (Å²) in [6.45, 7) is 1.31. The van der Waals surface area contributed by atoms with Gasteiger partial charge in [0.05, 0.1) is 6.61 Å². The molecule has 24 heavy (non-hydrogen) atoms. The number of hydrogen-bond acceptors (Lipinski definition) is 6. The fourth-order valence-corrected chi connectivity index (χ4v) is 2.04. The highest BCUT2D eigenvalue weighted by molar-refractivity contribution is 5.92. The molecule has 0 unspecified atom stereocenters. The van der Waals surface area contributed by atoms with E-state index in [1.54, 1.807) is 48.4 Å². The van der Waals surface area contributed by atoms with Crippen molar-refractivity contribution in [3.05, 3.63) is 54.2 Å². The first-order valence-corrected chi connectivity index (χ1v) is 7.41. The number of rotatable bonds is 7. The summed E-state index contributed by atoms with van der Waals surface area (Å²) in [5, 5.41) is 2.80. The van der Waals surface area contributed by atoms with Gasteiger partial charge in [-0.2, -0.15) is 0 Å². The van der Waals surface area contributed by atoms with Crippen LogP contribution in [0.15, 0.2) is 43.0 Å². The van der Waals surface area contributed by atoms with Gasteiger partial charge in [-0.3, -0.25) is 9.20 Å². The van der Waals surface area contributed by atoms with E-state index < -0.39 is 0 Å². The Labute approximate surface area is 138 Å². The molecule has 3 aromatic heterocycles. The standard InChI is InChI=1S/C16H17N5O3/c1-23-7-8-24-14-4-3-12(9-18-14)10-19-15(22)13-11-21-6-2-5-17-16(21)20-13/h2-6,9,11H,7-8,10H2,1H3,(H,19,22). The van der Waals surface area contributed by atoms with E-state index in [1.807, 2.05) is 6.07 Å². The lowest BCUT2D eigenvalue weighted by molar-refractivity contribution is 0.0946. The molecule has 1 amide bonds. The first kappa shape index (κ1) is 15.9. The lowest BCUT2D eigenvalue weighted by Crippen LogP contribution is -2.23. The second-order valence-corrected chi connectivity index (χ2v) is 4.98. The van der Waals surface area contributed by atoms with E-state index in [9.17, 15) is 4.79 Å². The number of methoxy groups -OCH3 is 1. The fourth-order valence-electron chi connectivity index (χ4n) is 2.04. The largest absolute Gasteiger partial charge is 0.475 e. The smallest absolute Gasteiger partial charge is 0.271 e. The van der Waals surface area contributed by atoms with Gasteiger partial charge in [0.2, 0.25) is 11.7 Å². The number of carbonyl (C=O) groups excluding carboxylic acids is 1. The van der Waals surface area contributed by atoms with E-state index in [0.29, 0.717) is 37.1 Å². The summed E-state index contributed by atoms with van der Waals surface area (Å²) in [7, 11) is 1.61. The van der Waals surface area contributed by atoms with Crippen LogP contribution in [0.2, 0.25) is 0 Å². The molecule has 1 N–H and O–H groups in total. The minimum absolute atomic E-state index is 0.263. The van der Waals surface area contributed by atoms with Gasteiger partial charge >= 0.3 is 0 Å². The van der Waals surface area contributed by atoms with Crippen LogP contribution < -0.4 is 10.1 Å². The maximum Gasteiger partial charge on any atom is 0.271 e. The van der Waals surface area contributed by atoms with Crippen LogP contribution >= 0.6 is 0 Å². The lowest BCUT2D eigenvalue weighted by Gasteiger charge is -2.06. The van der Waals surface area contributed by atoms with Crippen molar-refractivity contribution < 1.29 is 14.3 Å². The number of carbonyl (C=O) groups is 1. The summed E-state index contributed by atoms with van der Waals surface area (Å²) in [5.41, 5.74) is 1.19. The van der Waals surface area contributed by atoms with Crippen molar-refractivity contribution >= 4 is 11.7 Å². The van der Waals surface area contributed by atoms with Crippen LogP contribution in [0.3, 0.4) is 0 Å². The molecule has 8 heteroatoms. The fraction of sp³-hybridized carbons (Fsp3) is 0.250. The summed E-state index contributed by atoms with van der Waals surface area (Å²) >= 11 is 0. The van der Waals surface area contributed by atoms with Crippen molar-refractivity contribution in [1.29, 1.82) is 0 Å². The quantitative estimate of drug-likeness (QED) is 0.653. The Morgan fingerprint density at radius 2 is 2.21 bits per heavy atom. The summed E-state index contributed by atoms with van der Waals surface area (Å²) in [6.07, 6.45) is 6.72. The third kappa shape index (κ3) is 3.85. The number of pyridine rings is 1. The van der Waals surface area contributed by atoms with Gasteiger partial charge in [0.25, 0.3) is 5.91 Å². The number of ether oxygens (including phenoxy) is 2. The molecule has 3 rings (SSSR count). The van der Waals surface area contributed by atoms with Crippen LogP contribution in [0.25, 0.3) is 5.78 Å². The SMILES string of the molecule is COCCOc1ccc(CNC(=O)c2cn3cccnc3n2)cn1. The molecular weight excluding hydrogens is 310 g/mol. The van der Waals surface area contributed by atoms with Gasteiger partial charge < -0.3 is 14.8 Å². The summed E-state index contributed by atoms with van der Waals surface area (Å²) in [4.78, 5) is 24.6. The van der Waals surface area contributed by atoms with E-state index in [1.165, 1.54) is 0 Å². The molecule has 0 aliphatic rings. The molecule has 0 radical (unpaired) electrons. The minimum atomic E-state index is -0.263. The Kier molecular flexibility index (Phi) is 4.97.